The van der Waals surface area contributed by atoms with Crippen LogP contribution in [0.4, 0.5) is 0 Å². The molecule has 0 spiro atoms. The van der Waals surface area contributed by atoms with E-state index >= 15 is 0 Å². The number of fused-ring (bicyclic) bond motifs is 1. The summed E-state index contributed by atoms with van der Waals surface area (Å²) in [5, 5.41) is 4.22. The molecular weight excluding hydrogens is 328 g/mol. The van der Waals surface area contributed by atoms with E-state index in [1.807, 2.05) is 37.3 Å². The molecule has 26 heavy (non-hydrogen) atoms. The molecule has 0 aliphatic carbocycles. The number of hydrogen-bond donors (Lipinski definition) is 1. The van der Waals surface area contributed by atoms with E-state index in [-0.39, 0.29) is 24.5 Å². The number of hydrazone groups is 1. The van der Waals surface area contributed by atoms with Crippen LogP contribution >= 0.6 is 0 Å². The predicted molar refractivity (Wildman–Crippen MR) is 102 cm³/mol. The van der Waals surface area contributed by atoms with Gasteiger partial charge in [-0.2, -0.15) is 5.10 Å². The first-order valence-electron chi connectivity index (χ1n) is 8.65. The van der Waals surface area contributed by atoms with Gasteiger partial charge in [-0.05, 0) is 41.2 Å². The molecule has 0 radical (unpaired) electrons. The van der Waals surface area contributed by atoms with Crippen LogP contribution in [0.3, 0.4) is 0 Å². The molecule has 3 rings (SSSR count). The molecular formula is C21H24N2O3. The molecule has 136 valence electrons. The lowest BCUT2D eigenvalue weighted by Crippen LogP contribution is -2.21. The molecule has 2 aromatic rings. The summed E-state index contributed by atoms with van der Waals surface area (Å²) in [5.41, 5.74) is 6.61. The third-order valence-electron chi connectivity index (χ3n) is 4.32. The van der Waals surface area contributed by atoms with Crippen LogP contribution in [0, 0.1) is 0 Å². The molecule has 5 nitrogen and oxygen atoms in total. The molecule has 0 saturated carbocycles. The van der Waals surface area contributed by atoms with Gasteiger partial charge in [-0.15, -0.1) is 0 Å². The van der Waals surface area contributed by atoms with Crippen LogP contribution in [0.5, 0.6) is 11.5 Å². The monoisotopic (exact) mass is 352 g/mol. The number of nitrogens with zero attached hydrogens (tertiary/aromatic N) is 1. The van der Waals surface area contributed by atoms with Crippen molar-refractivity contribution in [1.29, 1.82) is 0 Å². The molecule has 1 aliphatic rings. The summed E-state index contributed by atoms with van der Waals surface area (Å²) in [4.78, 5) is 12.1. The number of amides is 1. The van der Waals surface area contributed by atoms with Crippen LogP contribution in [-0.4, -0.2) is 18.4 Å². The molecule has 0 saturated heterocycles. The molecule has 1 N–H and O–H groups in total. The smallest absolute Gasteiger partial charge is 0.244 e. The van der Waals surface area contributed by atoms with E-state index in [9.17, 15) is 4.79 Å². The number of ether oxygens (including phenoxy) is 2. The number of hydrogen-bond acceptors (Lipinski definition) is 4. The standard InChI is InChI=1S/C21H24N2O3/c1-14(16-6-8-17(9-7-16)21(2,3)4)22-23-20(24)12-15-5-10-18-19(11-15)26-13-25-18/h5-11H,12-13H2,1-4H3,(H,23,24)/b22-14-. The Bertz CT molecular complexity index is 833. The Balaban J connectivity index is 1.60. The molecule has 0 unspecified atom stereocenters. The molecule has 0 aromatic heterocycles. The Labute approximate surface area is 154 Å². The third-order valence-corrected chi connectivity index (χ3v) is 4.32. The molecule has 2 aromatic carbocycles. The summed E-state index contributed by atoms with van der Waals surface area (Å²) < 4.78 is 10.6. The summed E-state index contributed by atoms with van der Waals surface area (Å²) in [5.74, 6) is 1.21. The van der Waals surface area contributed by atoms with Gasteiger partial charge in [0.25, 0.3) is 0 Å². The van der Waals surface area contributed by atoms with Crippen LogP contribution in [0.25, 0.3) is 0 Å². The summed E-state index contributed by atoms with van der Waals surface area (Å²) in [6.45, 7) is 8.65. The second-order valence-corrected chi connectivity index (χ2v) is 7.42. The Hall–Kier alpha value is -2.82. The zero-order valence-corrected chi connectivity index (χ0v) is 15.6. The lowest BCUT2D eigenvalue weighted by molar-refractivity contribution is -0.120. The van der Waals surface area contributed by atoms with Gasteiger partial charge in [0.1, 0.15) is 0 Å². The van der Waals surface area contributed by atoms with Gasteiger partial charge < -0.3 is 9.47 Å². The van der Waals surface area contributed by atoms with Gasteiger partial charge in [-0.25, -0.2) is 5.43 Å². The Morgan fingerprint density at radius 2 is 1.77 bits per heavy atom. The highest BCUT2D eigenvalue weighted by Crippen LogP contribution is 2.32. The zero-order chi connectivity index (χ0) is 18.7. The first-order chi connectivity index (χ1) is 12.3. The number of rotatable bonds is 4. The van der Waals surface area contributed by atoms with E-state index in [2.05, 4.69) is 43.4 Å². The average molecular weight is 352 g/mol. The minimum atomic E-state index is -0.172. The van der Waals surface area contributed by atoms with E-state index in [1.165, 1.54) is 5.56 Å². The zero-order valence-electron chi connectivity index (χ0n) is 15.6. The maximum Gasteiger partial charge on any atom is 0.244 e. The fourth-order valence-corrected chi connectivity index (χ4v) is 2.70. The average Bonchev–Trinajstić information content (AvgIpc) is 3.07. The van der Waals surface area contributed by atoms with Crippen molar-refractivity contribution in [2.45, 2.75) is 39.5 Å². The molecule has 1 amide bonds. The van der Waals surface area contributed by atoms with Crippen LogP contribution in [0.1, 0.15) is 44.4 Å². The van der Waals surface area contributed by atoms with Crippen molar-refractivity contribution in [3.63, 3.8) is 0 Å². The Kier molecular flexibility index (Phi) is 4.98. The van der Waals surface area contributed by atoms with Gasteiger partial charge in [0.2, 0.25) is 12.7 Å². The number of carbonyl (C=O) groups excluding carboxylic acids is 1. The van der Waals surface area contributed by atoms with Crippen LogP contribution in [-0.2, 0) is 16.6 Å². The van der Waals surface area contributed by atoms with Crippen LogP contribution < -0.4 is 14.9 Å². The first-order valence-corrected chi connectivity index (χ1v) is 8.65. The van der Waals surface area contributed by atoms with Crippen LogP contribution in [0.2, 0.25) is 0 Å². The van der Waals surface area contributed by atoms with Gasteiger partial charge in [0, 0.05) is 0 Å². The predicted octanol–water partition coefficient (Wildman–Crippen LogP) is 3.80. The second kappa shape index (κ2) is 7.20. The fraction of sp³-hybridized carbons (Fsp3) is 0.333. The molecule has 0 bridgehead atoms. The second-order valence-electron chi connectivity index (χ2n) is 7.42. The minimum absolute atomic E-state index is 0.114. The van der Waals surface area contributed by atoms with Crippen molar-refractivity contribution >= 4 is 11.6 Å². The highest BCUT2D eigenvalue weighted by molar-refractivity contribution is 5.99. The quantitative estimate of drug-likeness (QED) is 0.673. The molecule has 0 atom stereocenters. The topological polar surface area (TPSA) is 59.9 Å². The fourth-order valence-electron chi connectivity index (χ4n) is 2.70. The molecule has 0 fully saturated rings. The van der Waals surface area contributed by atoms with Gasteiger partial charge in [-0.3, -0.25) is 4.79 Å². The highest BCUT2D eigenvalue weighted by Gasteiger charge is 2.15. The lowest BCUT2D eigenvalue weighted by Gasteiger charge is -2.19. The molecule has 1 aliphatic heterocycles. The van der Waals surface area contributed by atoms with Crippen molar-refractivity contribution < 1.29 is 14.3 Å². The van der Waals surface area contributed by atoms with Gasteiger partial charge >= 0.3 is 0 Å². The van der Waals surface area contributed by atoms with Crippen molar-refractivity contribution in [2.75, 3.05) is 6.79 Å². The van der Waals surface area contributed by atoms with Gasteiger partial charge in [-0.1, -0.05) is 51.1 Å². The maximum absolute atomic E-state index is 12.1. The number of nitrogens with one attached hydrogen (secondary N) is 1. The van der Waals surface area contributed by atoms with Crippen molar-refractivity contribution in [1.82, 2.24) is 5.43 Å². The van der Waals surface area contributed by atoms with E-state index in [4.69, 9.17) is 9.47 Å². The normalized spacial score (nSPS) is 13.6. The van der Waals surface area contributed by atoms with Crippen LogP contribution in [0.15, 0.2) is 47.6 Å². The Morgan fingerprint density at radius 3 is 2.46 bits per heavy atom. The highest BCUT2D eigenvalue weighted by atomic mass is 16.7. The SMILES string of the molecule is C/C(=N/NC(=O)Cc1ccc2c(c1)OCO2)c1ccc(C(C)(C)C)cc1. The van der Waals surface area contributed by atoms with E-state index in [0.29, 0.717) is 11.5 Å². The molecule has 1 heterocycles. The van der Waals surface area contributed by atoms with Gasteiger partial charge in [0.15, 0.2) is 11.5 Å². The van der Waals surface area contributed by atoms with E-state index < -0.39 is 0 Å². The number of carbonyl (C=O) groups is 1. The Morgan fingerprint density at radius 1 is 1.08 bits per heavy atom. The minimum Gasteiger partial charge on any atom is -0.454 e. The maximum atomic E-state index is 12.1. The first kappa shape index (κ1) is 18.0. The molecule has 5 heteroatoms. The van der Waals surface area contributed by atoms with E-state index in [1.54, 1.807) is 0 Å². The summed E-state index contributed by atoms with van der Waals surface area (Å²) in [6, 6.07) is 13.8. The van der Waals surface area contributed by atoms with Crippen molar-refractivity contribution in [3.8, 4) is 11.5 Å². The summed E-state index contributed by atoms with van der Waals surface area (Å²) >= 11 is 0. The lowest BCUT2D eigenvalue weighted by atomic mass is 9.86. The van der Waals surface area contributed by atoms with Gasteiger partial charge in [0.05, 0.1) is 12.1 Å². The third kappa shape index (κ3) is 4.23. The largest absolute Gasteiger partial charge is 0.454 e. The summed E-state index contributed by atoms with van der Waals surface area (Å²) in [6.07, 6.45) is 0.233. The summed E-state index contributed by atoms with van der Waals surface area (Å²) in [7, 11) is 0. The van der Waals surface area contributed by atoms with E-state index in [0.717, 1.165) is 16.8 Å². The van der Waals surface area contributed by atoms with Crippen molar-refractivity contribution in [3.05, 3.63) is 59.2 Å². The number of benzene rings is 2. The van der Waals surface area contributed by atoms with Crippen molar-refractivity contribution in [2.24, 2.45) is 5.10 Å².